The molecule has 3 rings (SSSR count). The van der Waals surface area contributed by atoms with E-state index in [-0.39, 0.29) is 24.0 Å². The van der Waals surface area contributed by atoms with Crippen LogP contribution in [0.5, 0.6) is 11.5 Å². The molecule has 0 amide bonds. The van der Waals surface area contributed by atoms with Gasteiger partial charge in [0.1, 0.15) is 0 Å². The number of benzene rings is 1. The first-order valence-electron chi connectivity index (χ1n) is 10.5. The predicted molar refractivity (Wildman–Crippen MR) is 131 cm³/mol. The monoisotopic (exact) mass is 527 g/mol. The standard InChI is InChI=1S/C22H33N5O2.HI/c1-5-11-29-20-8-7-17(12-21(20)28-4)13-24-22(23-6-2)27-10-9-18(16-27)19-14-25-26(3)15-19;/h7-8,12,14-15,18H,5-6,9-11,13,16H2,1-4H3,(H,23,24);1H. The summed E-state index contributed by atoms with van der Waals surface area (Å²) >= 11 is 0. The number of methoxy groups -OCH3 is 1. The lowest BCUT2D eigenvalue weighted by molar-refractivity contribution is 0.294. The van der Waals surface area contributed by atoms with Crippen molar-refractivity contribution >= 4 is 29.9 Å². The lowest BCUT2D eigenvalue weighted by Crippen LogP contribution is -2.40. The number of aliphatic imine (C=N–C) groups is 1. The fraction of sp³-hybridized carbons (Fsp3) is 0.545. The minimum absolute atomic E-state index is 0. The molecule has 1 atom stereocenters. The van der Waals surface area contributed by atoms with Crippen molar-refractivity contribution < 1.29 is 9.47 Å². The SMILES string of the molecule is CCCOc1ccc(CN=C(NCC)N2CCC(c3cnn(C)c3)C2)cc1OC.I. The van der Waals surface area contributed by atoms with Gasteiger partial charge in [0.05, 0.1) is 26.5 Å². The molecule has 30 heavy (non-hydrogen) atoms. The zero-order chi connectivity index (χ0) is 20.6. The number of nitrogens with one attached hydrogen (secondary N) is 1. The average Bonchev–Trinajstić information content (AvgIpc) is 3.39. The van der Waals surface area contributed by atoms with E-state index in [1.165, 1.54) is 5.56 Å². The molecule has 1 aliphatic rings. The number of aryl methyl sites for hydroxylation is 1. The first-order valence-corrected chi connectivity index (χ1v) is 10.5. The zero-order valence-corrected chi connectivity index (χ0v) is 20.8. The maximum absolute atomic E-state index is 5.74. The summed E-state index contributed by atoms with van der Waals surface area (Å²) in [5, 5.41) is 7.75. The van der Waals surface area contributed by atoms with Crippen LogP contribution in [0.1, 0.15) is 43.7 Å². The van der Waals surface area contributed by atoms with Gasteiger partial charge in [0.2, 0.25) is 0 Å². The molecule has 1 aromatic heterocycles. The Labute approximate surface area is 196 Å². The summed E-state index contributed by atoms with van der Waals surface area (Å²) in [6, 6.07) is 6.05. The number of nitrogens with zero attached hydrogens (tertiary/aromatic N) is 4. The molecular formula is C22H34IN5O2. The maximum Gasteiger partial charge on any atom is 0.194 e. The molecule has 0 spiro atoms. The van der Waals surface area contributed by atoms with Gasteiger partial charge in [0, 0.05) is 38.8 Å². The van der Waals surface area contributed by atoms with Gasteiger partial charge in [-0.3, -0.25) is 4.68 Å². The largest absolute Gasteiger partial charge is 0.493 e. The molecule has 1 fully saturated rings. The van der Waals surface area contributed by atoms with Gasteiger partial charge < -0.3 is 19.7 Å². The molecule has 1 aromatic carbocycles. The Morgan fingerprint density at radius 2 is 2.13 bits per heavy atom. The van der Waals surface area contributed by atoms with Gasteiger partial charge >= 0.3 is 0 Å². The highest BCUT2D eigenvalue weighted by Gasteiger charge is 2.26. The topological polar surface area (TPSA) is 63.9 Å². The Morgan fingerprint density at radius 1 is 1.30 bits per heavy atom. The molecule has 1 aliphatic heterocycles. The molecule has 1 N–H and O–H groups in total. The van der Waals surface area contributed by atoms with Crippen LogP contribution in [0.4, 0.5) is 0 Å². The van der Waals surface area contributed by atoms with E-state index in [9.17, 15) is 0 Å². The number of halogens is 1. The van der Waals surface area contributed by atoms with Crippen LogP contribution in [-0.4, -0.2) is 54.0 Å². The predicted octanol–water partition coefficient (Wildman–Crippen LogP) is 3.79. The summed E-state index contributed by atoms with van der Waals surface area (Å²) in [5.41, 5.74) is 2.40. The van der Waals surface area contributed by atoms with Crippen molar-refractivity contribution in [3.63, 3.8) is 0 Å². The van der Waals surface area contributed by atoms with Crippen molar-refractivity contribution in [2.75, 3.05) is 33.4 Å². The van der Waals surface area contributed by atoms with Crippen LogP contribution >= 0.6 is 24.0 Å². The van der Waals surface area contributed by atoms with E-state index in [0.29, 0.717) is 19.1 Å². The van der Waals surface area contributed by atoms with Crippen LogP contribution in [0.3, 0.4) is 0 Å². The number of hydrogen-bond donors (Lipinski definition) is 1. The van der Waals surface area contributed by atoms with Gasteiger partial charge in [0.25, 0.3) is 0 Å². The lowest BCUT2D eigenvalue weighted by atomic mass is 10.0. The minimum Gasteiger partial charge on any atom is -0.493 e. The molecular weight excluding hydrogens is 493 g/mol. The van der Waals surface area contributed by atoms with E-state index < -0.39 is 0 Å². The Hall–Kier alpha value is -1.97. The number of likely N-dealkylation sites (tertiary alicyclic amines) is 1. The number of hydrogen-bond acceptors (Lipinski definition) is 4. The van der Waals surface area contributed by atoms with Crippen molar-refractivity contribution in [1.82, 2.24) is 20.0 Å². The second-order valence-corrected chi connectivity index (χ2v) is 7.38. The third kappa shape index (κ3) is 6.26. The molecule has 1 saturated heterocycles. The van der Waals surface area contributed by atoms with Gasteiger partial charge in [-0.1, -0.05) is 13.0 Å². The van der Waals surface area contributed by atoms with Gasteiger partial charge in [0.15, 0.2) is 17.5 Å². The van der Waals surface area contributed by atoms with Crippen LogP contribution in [0, 0.1) is 0 Å². The Morgan fingerprint density at radius 3 is 2.80 bits per heavy atom. The minimum atomic E-state index is 0. The third-order valence-corrected chi connectivity index (χ3v) is 5.12. The van der Waals surface area contributed by atoms with Crippen LogP contribution in [0.25, 0.3) is 0 Å². The zero-order valence-electron chi connectivity index (χ0n) is 18.4. The van der Waals surface area contributed by atoms with Gasteiger partial charge in [-0.25, -0.2) is 4.99 Å². The maximum atomic E-state index is 5.74. The van der Waals surface area contributed by atoms with E-state index in [2.05, 4.69) is 41.4 Å². The van der Waals surface area contributed by atoms with Crippen LogP contribution in [0.15, 0.2) is 35.6 Å². The van der Waals surface area contributed by atoms with Crippen molar-refractivity contribution in [2.45, 2.75) is 39.2 Å². The number of guanidine groups is 1. The summed E-state index contributed by atoms with van der Waals surface area (Å²) in [4.78, 5) is 7.22. The molecule has 0 aliphatic carbocycles. The van der Waals surface area contributed by atoms with Crippen molar-refractivity contribution in [1.29, 1.82) is 0 Å². The molecule has 2 aromatic rings. The van der Waals surface area contributed by atoms with E-state index in [1.807, 2.05) is 30.1 Å². The Kier molecular flexibility index (Phi) is 9.74. The van der Waals surface area contributed by atoms with Crippen LogP contribution < -0.4 is 14.8 Å². The molecule has 0 saturated carbocycles. The first kappa shape index (κ1) is 24.3. The Bertz CT molecular complexity index is 824. The summed E-state index contributed by atoms with van der Waals surface area (Å²) < 4.78 is 13.1. The number of ether oxygens (including phenoxy) is 2. The van der Waals surface area contributed by atoms with Gasteiger partial charge in [-0.2, -0.15) is 5.10 Å². The highest BCUT2D eigenvalue weighted by atomic mass is 127. The molecule has 7 nitrogen and oxygen atoms in total. The van der Waals surface area contributed by atoms with E-state index in [0.717, 1.165) is 55.5 Å². The third-order valence-electron chi connectivity index (χ3n) is 5.12. The van der Waals surface area contributed by atoms with Gasteiger partial charge in [-0.15, -0.1) is 24.0 Å². The molecule has 0 radical (unpaired) electrons. The normalized spacial score (nSPS) is 16.3. The highest BCUT2D eigenvalue weighted by Crippen LogP contribution is 2.29. The molecule has 0 bridgehead atoms. The molecule has 8 heteroatoms. The first-order chi connectivity index (χ1) is 14.1. The fourth-order valence-corrected chi connectivity index (χ4v) is 3.61. The lowest BCUT2D eigenvalue weighted by Gasteiger charge is -2.21. The summed E-state index contributed by atoms with van der Waals surface area (Å²) in [6.07, 6.45) is 6.18. The van der Waals surface area contributed by atoms with E-state index in [4.69, 9.17) is 14.5 Å². The second-order valence-electron chi connectivity index (χ2n) is 7.38. The number of rotatable bonds is 8. The summed E-state index contributed by atoms with van der Waals surface area (Å²) in [6.45, 7) is 8.29. The molecule has 2 heterocycles. The van der Waals surface area contributed by atoms with Crippen LogP contribution in [0.2, 0.25) is 0 Å². The van der Waals surface area contributed by atoms with Crippen molar-refractivity contribution in [3.8, 4) is 11.5 Å². The quantitative estimate of drug-likeness (QED) is 0.322. The molecule has 166 valence electrons. The van der Waals surface area contributed by atoms with Gasteiger partial charge in [-0.05, 0) is 43.0 Å². The van der Waals surface area contributed by atoms with Crippen molar-refractivity contribution in [2.24, 2.45) is 12.0 Å². The van der Waals surface area contributed by atoms with Crippen LogP contribution in [-0.2, 0) is 13.6 Å². The number of aromatic nitrogens is 2. The fourth-order valence-electron chi connectivity index (χ4n) is 3.61. The second kappa shape index (κ2) is 12.0. The summed E-state index contributed by atoms with van der Waals surface area (Å²) in [7, 11) is 3.64. The highest BCUT2D eigenvalue weighted by molar-refractivity contribution is 14.0. The van der Waals surface area contributed by atoms with Crippen molar-refractivity contribution in [3.05, 3.63) is 41.7 Å². The molecule has 1 unspecified atom stereocenters. The Balaban J connectivity index is 0.00000320. The smallest absolute Gasteiger partial charge is 0.194 e. The average molecular weight is 527 g/mol. The van der Waals surface area contributed by atoms with E-state index >= 15 is 0 Å². The summed E-state index contributed by atoms with van der Waals surface area (Å²) in [5.74, 6) is 3.01. The van der Waals surface area contributed by atoms with E-state index in [1.54, 1.807) is 7.11 Å².